The second-order valence-electron chi connectivity index (χ2n) is 5.75. The van der Waals surface area contributed by atoms with E-state index in [-0.39, 0.29) is 12.5 Å². The van der Waals surface area contributed by atoms with Crippen LogP contribution in [0.25, 0.3) is 11.1 Å². The molecule has 1 unspecified atom stereocenters. The van der Waals surface area contributed by atoms with Crippen molar-refractivity contribution >= 4 is 5.91 Å². The van der Waals surface area contributed by atoms with Gasteiger partial charge in [-0.15, -0.1) is 0 Å². The van der Waals surface area contributed by atoms with Crippen molar-refractivity contribution < 1.29 is 14.6 Å². The Morgan fingerprint density at radius 3 is 2.65 bits per heavy atom. The Labute approximate surface area is 136 Å². The monoisotopic (exact) mass is 314 g/mol. The van der Waals surface area contributed by atoms with Gasteiger partial charge in [0.15, 0.2) is 0 Å². The smallest absolute Gasteiger partial charge is 0.253 e. The normalized spacial score (nSPS) is 13.3. The number of aliphatic hydroxyl groups excluding tert-OH is 1. The van der Waals surface area contributed by atoms with Crippen molar-refractivity contribution in [3.8, 4) is 11.1 Å². The van der Waals surface area contributed by atoms with Crippen molar-refractivity contribution in [2.75, 3.05) is 20.3 Å². The Morgan fingerprint density at radius 1 is 1.26 bits per heavy atom. The Morgan fingerprint density at radius 2 is 2.00 bits per heavy atom. The molecule has 122 valence electrons. The van der Waals surface area contributed by atoms with Crippen molar-refractivity contribution in [1.82, 2.24) is 10.3 Å². The number of carbonyl (C=O) groups is 1. The maximum absolute atomic E-state index is 12.5. The number of nitrogens with zero attached hydrogens (tertiary/aromatic N) is 1. The third-order valence-corrected chi connectivity index (χ3v) is 3.65. The predicted molar refractivity (Wildman–Crippen MR) is 89.1 cm³/mol. The van der Waals surface area contributed by atoms with Gasteiger partial charge >= 0.3 is 0 Å². The van der Waals surface area contributed by atoms with E-state index in [0.717, 1.165) is 11.1 Å². The average Bonchev–Trinajstić information content (AvgIpc) is 2.56. The van der Waals surface area contributed by atoms with Crippen LogP contribution < -0.4 is 5.32 Å². The molecule has 1 aromatic heterocycles. The van der Waals surface area contributed by atoms with Crippen molar-refractivity contribution in [2.24, 2.45) is 0 Å². The summed E-state index contributed by atoms with van der Waals surface area (Å²) in [5, 5.41) is 12.1. The number of nitrogens with one attached hydrogen (secondary N) is 1. The van der Waals surface area contributed by atoms with Crippen LogP contribution in [0.3, 0.4) is 0 Å². The molecular formula is C18H22N2O3. The first-order valence-corrected chi connectivity index (χ1v) is 7.51. The van der Waals surface area contributed by atoms with Crippen LogP contribution in [0.2, 0.25) is 0 Å². The van der Waals surface area contributed by atoms with E-state index in [0.29, 0.717) is 18.6 Å². The number of amides is 1. The summed E-state index contributed by atoms with van der Waals surface area (Å²) in [6.45, 7) is 2.15. The molecule has 5 nitrogen and oxygen atoms in total. The molecular weight excluding hydrogens is 292 g/mol. The number of hydrogen-bond acceptors (Lipinski definition) is 4. The van der Waals surface area contributed by atoms with Crippen LogP contribution >= 0.6 is 0 Å². The van der Waals surface area contributed by atoms with Gasteiger partial charge in [0.2, 0.25) is 0 Å². The number of pyridine rings is 1. The summed E-state index contributed by atoms with van der Waals surface area (Å²) < 4.78 is 5.15. The third-order valence-electron chi connectivity index (χ3n) is 3.65. The zero-order valence-corrected chi connectivity index (χ0v) is 13.5. The molecule has 0 aliphatic heterocycles. The first-order valence-electron chi connectivity index (χ1n) is 7.51. The second kappa shape index (κ2) is 7.85. The molecule has 0 saturated carbocycles. The number of aromatic nitrogens is 1. The molecule has 5 heteroatoms. The van der Waals surface area contributed by atoms with E-state index in [4.69, 9.17) is 4.74 Å². The lowest BCUT2D eigenvalue weighted by Gasteiger charge is -2.29. The minimum Gasteiger partial charge on any atom is -0.396 e. The number of ether oxygens (including phenoxy) is 1. The van der Waals surface area contributed by atoms with Crippen molar-refractivity contribution in [3.05, 3.63) is 54.4 Å². The van der Waals surface area contributed by atoms with E-state index >= 15 is 0 Å². The van der Waals surface area contributed by atoms with Gasteiger partial charge in [-0.2, -0.15) is 0 Å². The molecule has 0 aliphatic rings. The number of aliphatic hydroxyl groups is 1. The number of hydrogen-bond donors (Lipinski definition) is 2. The molecule has 1 heterocycles. The summed E-state index contributed by atoms with van der Waals surface area (Å²) in [4.78, 5) is 16.7. The molecule has 0 saturated heterocycles. The standard InChI is InChI=1S/C18H22N2O3/c1-18(8-9-21,13-23-2)20-17(22)16-10-15(11-19-12-16)14-6-4-3-5-7-14/h3-7,10-12,21H,8-9,13H2,1-2H3,(H,20,22). The highest BCUT2D eigenvalue weighted by molar-refractivity contribution is 5.95. The number of benzene rings is 1. The van der Waals surface area contributed by atoms with Gasteiger partial charge in [0.05, 0.1) is 17.7 Å². The predicted octanol–water partition coefficient (Wildman–Crippen LogP) is 2.27. The van der Waals surface area contributed by atoms with Gasteiger partial charge in [-0.25, -0.2) is 0 Å². The minimum absolute atomic E-state index is 0.0254. The van der Waals surface area contributed by atoms with Crippen molar-refractivity contribution in [2.45, 2.75) is 18.9 Å². The lowest BCUT2D eigenvalue weighted by molar-refractivity contribution is 0.0725. The zero-order chi connectivity index (χ0) is 16.7. The molecule has 1 amide bonds. The van der Waals surface area contributed by atoms with Gasteiger partial charge in [0, 0.05) is 31.7 Å². The van der Waals surface area contributed by atoms with Gasteiger partial charge in [-0.1, -0.05) is 30.3 Å². The van der Waals surface area contributed by atoms with Gasteiger partial charge in [0.1, 0.15) is 0 Å². The molecule has 23 heavy (non-hydrogen) atoms. The fourth-order valence-electron chi connectivity index (χ4n) is 2.43. The van der Waals surface area contributed by atoms with E-state index in [1.807, 2.05) is 43.3 Å². The summed E-state index contributed by atoms with van der Waals surface area (Å²) in [5.74, 6) is -0.233. The lowest BCUT2D eigenvalue weighted by Crippen LogP contribution is -2.50. The fourth-order valence-corrected chi connectivity index (χ4v) is 2.43. The third kappa shape index (κ3) is 4.61. The topological polar surface area (TPSA) is 71.5 Å². The van der Waals surface area contributed by atoms with E-state index in [1.165, 1.54) is 6.20 Å². The number of rotatable bonds is 7. The second-order valence-corrected chi connectivity index (χ2v) is 5.75. The molecule has 2 rings (SSSR count). The lowest BCUT2D eigenvalue weighted by atomic mass is 9.98. The molecule has 0 aliphatic carbocycles. The van der Waals surface area contributed by atoms with E-state index in [9.17, 15) is 9.90 Å². The van der Waals surface area contributed by atoms with Crippen LogP contribution in [0.5, 0.6) is 0 Å². The van der Waals surface area contributed by atoms with Crippen LogP contribution in [-0.2, 0) is 4.74 Å². The Balaban J connectivity index is 2.19. The summed E-state index contributed by atoms with van der Waals surface area (Å²) in [7, 11) is 1.57. The van der Waals surface area contributed by atoms with Crippen LogP contribution in [0.1, 0.15) is 23.7 Å². The van der Waals surface area contributed by atoms with E-state index in [2.05, 4.69) is 10.3 Å². The van der Waals surface area contributed by atoms with Gasteiger partial charge < -0.3 is 15.2 Å². The van der Waals surface area contributed by atoms with Gasteiger partial charge in [-0.3, -0.25) is 9.78 Å². The summed E-state index contributed by atoms with van der Waals surface area (Å²) >= 11 is 0. The molecule has 1 atom stereocenters. The van der Waals surface area contributed by atoms with Gasteiger partial charge in [0.25, 0.3) is 5.91 Å². The van der Waals surface area contributed by atoms with Crippen LogP contribution in [-0.4, -0.2) is 41.9 Å². The Hall–Kier alpha value is -2.24. The van der Waals surface area contributed by atoms with Gasteiger partial charge in [-0.05, 0) is 25.0 Å². The Kier molecular flexibility index (Phi) is 5.84. The fraction of sp³-hybridized carbons (Fsp3) is 0.333. The van der Waals surface area contributed by atoms with E-state index in [1.54, 1.807) is 13.3 Å². The maximum atomic E-state index is 12.5. The zero-order valence-electron chi connectivity index (χ0n) is 13.5. The van der Waals surface area contributed by atoms with Crippen molar-refractivity contribution in [3.63, 3.8) is 0 Å². The van der Waals surface area contributed by atoms with Crippen molar-refractivity contribution in [1.29, 1.82) is 0 Å². The van der Waals surface area contributed by atoms with Crippen LogP contribution in [0.15, 0.2) is 48.8 Å². The SMILES string of the molecule is COCC(C)(CCO)NC(=O)c1cncc(-c2ccccc2)c1. The highest BCUT2D eigenvalue weighted by Crippen LogP contribution is 2.19. The molecule has 1 aromatic carbocycles. The average molecular weight is 314 g/mol. The number of carbonyl (C=O) groups excluding carboxylic acids is 1. The molecule has 0 bridgehead atoms. The van der Waals surface area contributed by atoms with Crippen LogP contribution in [0, 0.1) is 0 Å². The van der Waals surface area contributed by atoms with Crippen LogP contribution in [0.4, 0.5) is 0 Å². The molecule has 2 aromatic rings. The quantitative estimate of drug-likeness (QED) is 0.822. The van der Waals surface area contributed by atoms with E-state index < -0.39 is 5.54 Å². The Bertz CT molecular complexity index is 638. The maximum Gasteiger partial charge on any atom is 0.253 e. The molecule has 0 spiro atoms. The summed E-state index contributed by atoms with van der Waals surface area (Å²) in [5.41, 5.74) is 1.74. The highest BCUT2D eigenvalue weighted by Gasteiger charge is 2.26. The summed E-state index contributed by atoms with van der Waals surface area (Å²) in [6.07, 6.45) is 3.68. The highest BCUT2D eigenvalue weighted by atomic mass is 16.5. The first-order chi connectivity index (χ1) is 11.1. The summed E-state index contributed by atoms with van der Waals surface area (Å²) in [6, 6.07) is 11.6. The number of methoxy groups -OCH3 is 1. The molecule has 2 N–H and O–H groups in total. The molecule has 0 radical (unpaired) electrons. The minimum atomic E-state index is -0.622. The molecule has 0 fully saturated rings. The first kappa shape index (κ1) is 17.1. The largest absolute Gasteiger partial charge is 0.396 e.